The van der Waals surface area contributed by atoms with E-state index < -0.39 is 5.97 Å². The Bertz CT molecular complexity index is 1280. The van der Waals surface area contributed by atoms with Crippen molar-refractivity contribution in [1.29, 1.82) is 0 Å². The first-order valence-corrected chi connectivity index (χ1v) is 10.2. The molecule has 8 heteroatoms. The number of H-pyrrole nitrogens is 1. The predicted octanol–water partition coefficient (Wildman–Crippen LogP) is 4.47. The summed E-state index contributed by atoms with van der Waals surface area (Å²) in [7, 11) is 1.61. The van der Waals surface area contributed by atoms with Gasteiger partial charge in [0.2, 0.25) is 0 Å². The van der Waals surface area contributed by atoms with E-state index in [9.17, 15) is 4.79 Å². The molecule has 0 atom stereocenters. The molecule has 1 aliphatic heterocycles. The number of benzene rings is 1. The van der Waals surface area contributed by atoms with E-state index in [1.807, 2.05) is 35.2 Å². The van der Waals surface area contributed by atoms with Crippen LogP contribution in [0, 0.1) is 5.92 Å². The van der Waals surface area contributed by atoms with E-state index in [1.54, 1.807) is 25.7 Å². The number of aromatic amines is 1. The second kappa shape index (κ2) is 7.59. The summed E-state index contributed by atoms with van der Waals surface area (Å²) in [6.45, 7) is 0.989. The topological polar surface area (TPSA) is 91.3 Å². The Kier molecular flexibility index (Phi) is 4.75. The monoisotopic (exact) mass is 434 g/mol. The first-order valence-electron chi connectivity index (χ1n) is 9.77. The summed E-state index contributed by atoms with van der Waals surface area (Å²) in [6.07, 6.45) is 5.21. The van der Waals surface area contributed by atoms with Crippen LogP contribution < -0.4 is 9.64 Å². The number of hydrogen-bond donors (Lipinski definition) is 2. The minimum absolute atomic E-state index is 0.311. The zero-order valence-electron chi connectivity index (χ0n) is 16.7. The molecular formula is C23H19ClN4O3. The number of halogens is 1. The summed E-state index contributed by atoms with van der Waals surface area (Å²) in [5, 5.41) is 10.7. The highest BCUT2D eigenvalue weighted by Gasteiger charge is 2.33. The van der Waals surface area contributed by atoms with E-state index in [2.05, 4.69) is 21.0 Å². The number of nitrogens with zero attached hydrogens (tertiary/aromatic N) is 3. The van der Waals surface area contributed by atoms with Gasteiger partial charge in [-0.05, 0) is 36.4 Å². The lowest BCUT2D eigenvalue weighted by Crippen LogP contribution is -2.50. The fraction of sp³-hybridized carbons (Fsp3) is 0.174. The molecule has 3 aromatic heterocycles. The molecule has 2 N–H and O–H groups in total. The van der Waals surface area contributed by atoms with Crippen molar-refractivity contribution in [3.05, 3.63) is 60.0 Å². The predicted molar refractivity (Wildman–Crippen MR) is 120 cm³/mol. The van der Waals surface area contributed by atoms with E-state index in [0.29, 0.717) is 23.9 Å². The van der Waals surface area contributed by atoms with E-state index in [-0.39, 0.29) is 5.92 Å². The molecule has 1 aliphatic rings. The number of carboxylic acids is 1. The second-order valence-corrected chi connectivity index (χ2v) is 7.97. The van der Waals surface area contributed by atoms with Gasteiger partial charge in [-0.15, -0.1) is 0 Å². The molecule has 1 aromatic carbocycles. The van der Waals surface area contributed by atoms with Crippen molar-refractivity contribution in [3.63, 3.8) is 0 Å². The Balaban J connectivity index is 1.43. The summed E-state index contributed by atoms with van der Waals surface area (Å²) < 4.78 is 5.27. The molecule has 0 spiro atoms. The lowest BCUT2D eigenvalue weighted by molar-refractivity contribution is -0.142. The van der Waals surface area contributed by atoms with Crippen LogP contribution in [0.5, 0.6) is 5.75 Å². The molecular weight excluding hydrogens is 416 g/mol. The molecule has 4 heterocycles. The average molecular weight is 435 g/mol. The molecule has 0 unspecified atom stereocenters. The molecule has 0 amide bonds. The maximum Gasteiger partial charge on any atom is 0.310 e. The van der Waals surface area contributed by atoms with Crippen molar-refractivity contribution in [2.75, 3.05) is 25.1 Å². The summed E-state index contributed by atoms with van der Waals surface area (Å²) >= 11 is 6.55. The molecule has 5 rings (SSSR count). The molecule has 0 bridgehead atoms. The third-order valence-electron chi connectivity index (χ3n) is 5.58. The van der Waals surface area contributed by atoms with E-state index in [1.165, 1.54) is 0 Å². The molecule has 31 heavy (non-hydrogen) atoms. The minimum atomic E-state index is -0.756. The summed E-state index contributed by atoms with van der Waals surface area (Å²) in [6, 6.07) is 11.8. The summed E-state index contributed by atoms with van der Waals surface area (Å²) in [5.74, 6) is 0.391. The number of rotatable bonds is 5. The van der Waals surface area contributed by atoms with Gasteiger partial charge in [-0.1, -0.05) is 11.6 Å². The number of aromatic nitrogens is 3. The van der Waals surface area contributed by atoms with Crippen LogP contribution in [0.3, 0.4) is 0 Å². The van der Waals surface area contributed by atoms with Gasteiger partial charge in [0.05, 0.1) is 24.2 Å². The van der Waals surface area contributed by atoms with Crippen LogP contribution >= 0.6 is 11.6 Å². The number of pyridine rings is 2. The number of carbonyl (C=O) groups is 1. The zero-order chi connectivity index (χ0) is 21.5. The highest BCUT2D eigenvalue weighted by atomic mass is 35.5. The number of nitrogens with one attached hydrogen (secondary N) is 1. The highest BCUT2D eigenvalue weighted by Crippen LogP contribution is 2.35. The maximum absolute atomic E-state index is 11.0. The van der Waals surface area contributed by atoms with Gasteiger partial charge in [0.1, 0.15) is 11.6 Å². The highest BCUT2D eigenvalue weighted by molar-refractivity contribution is 6.34. The third-order valence-corrected chi connectivity index (χ3v) is 5.89. The molecule has 7 nitrogen and oxygen atoms in total. The molecule has 1 saturated heterocycles. The largest absolute Gasteiger partial charge is 0.495 e. The van der Waals surface area contributed by atoms with Crippen molar-refractivity contribution in [1.82, 2.24) is 15.0 Å². The van der Waals surface area contributed by atoms with Gasteiger partial charge in [-0.25, -0.2) is 4.98 Å². The van der Waals surface area contributed by atoms with Crippen LogP contribution in [-0.4, -0.2) is 46.2 Å². The fourth-order valence-corrected chi connectivity index (χ4v) is 4.04. The first-order chi connectivity index (χ1) is 15.0. The summed E-state index contributed by atoms with van der Waals surface area (Å²) in [5.41, 5.74) is 4.56. The molecule has 0 radical (unpaired) electrons. The normalized spacial score (nSPS) is 13.9. The Labute approximate surface area is 183 Å². The molecule has 0 aliphatic carbocycles. The smallest absolute Gasteiger partial charge is 0.310 e. The van der Waals surface area contributed by atoms with E-state index in [4.69, 9.17) is 21.4 Å². The number of ether oxygens (including phenoxy) is 1. The Morgan fingerprint density at radius 1 is 1.16 bits per heavy atom. The van der Waals surface area contributed by atoms with Crippen molar-refractivity contribution in [2.24, 2.45) is 5.92 Å². The lowest BCUT2D eigenvalue weighted by Gasteiger charge is -2.37. The number of aliphatic carboxylic acids is 1. The van der Waals surface area contributed by atoms with Gasteiger partial charge in [-0.2, -0.15) is 0 Å². The molecule has 4 aromatic rings. The standard InChI is InChI=1S/C23H19ClN4O3/c1-31-17-4-15(8-25-10-17)18-5-14-6-20(27-21(14)7-19(18)24)13-2-3-22(26-9-13)28-11-16(12-28)23(29)30/h2-10,16,27H,11-12H2,1H3,(H,29,30). The molecule has 156 valence electrons. The number of hydrogen-bond acceptors (Lipinski definition) is 5. The fourth-order valence-electron chi connectivity index (χ4n) is 3.76. The van der Waals surface area contributed by atoms with Crippen LogP contribution in [0.25, 0.3) is 33.3 Å². The van der Waals surface area contributed by atoms with Gasteiger partial charge in [0.15, 0.2) is 0 Å². The van der Waals surface area contributed by atoms with Crippen LogP contribution in [0.15, 0.2) is 55.0 Å². The maximum atomic E-state index is 11.0. The van der Waals surface area contributed by atoms with Crippen molar-refractivity contribution in [2.45, 2.75) is 0 Å². The van der Waals surface area contributed by atoms with Crippen LogP contribution in [0.1, 0.15) is 0 Å². The van der Waals surface area contributed by atoms with Gasteiger partial charge >= 0.3 is 5.97 Å². The van der Waals surface area contributed by atoms with Gasteiger partial charge in [0, 0.05) is 58.8 Å². The Morgan fingerprint density at radius 3 is 2.71 bits per heavy atom. The average Bonchev–Trinajstić information content (AvgIpc) is 3.15. The van der Waals surface area contributed by atoms with Crippen molar-refractivity contribution < 1.29 is 14.6 Å². The van der Waals surface area contributed by atoms with Gasteiger partial charge in [0.25, 0.3) is 0 Å². The summed E-state index contributed by atoms with van der Waals surface area (Å²) in [4.78, 5) is 25.1. The van der Waals surface area contributed by atoms with Crippen LogP contribution in [0.4, 0.5) is 5.82 Å². The number of carboxylic acid groups (broad SMARTS) is 1. The quantitative estimate of drug-likeness (QED) is 0.481. The van der Waals surface area contributed by atoms with Crippen LogP contribution in [0.2, 0.25) is 5.02 Å². The molecule has 1 fully saturated rings. The first kappa shape index (κ1) is 19.4. The van der Waals surface area contributed by atoms with E-state index in [0.717, 1.165) is 39.1 Å². The number of anilines is 1. The Morgan fingerprint density at radius 2 is 2.00 bits per heavy atom. The SMILES string of the molecule is COc1cncc(-c2cc3cc(-c4ccc(N5CC(C(=O)O)C5)nc4)[nH]c3cc2Cl)c1. The molecule has 0 saturated carbocycles. The number of fused-ring (bicyclic) bond motifs is 1. The van der Waals surface area contributed by atoms with Gasteiger partial charge < -0.3 is 19.7 Å². The lowest BCUT2D eigenvalue weighted by atomic mass is 10.0. The Hall–Kier alpha value is -3.58. The van der Waals surface area contributed by atoms with Gasteiger partial charge in [-0.3, -0.25) is 9.78 Å². The van der Waals surface area contributed by atoms with E-state index >= 15 is 0 Å². The van der Waals surface area contributed by atoms with Crippen molar-refractivity contribution >= 4 is 34.3 Å². The van der Waals surface area contributed by atoms with Crippen LogP contribution in [-0.2, 0) is 4.79 Å². The second-order valence-electron chi connectivity index (χ2n) is 7.56. The minimum Gasteiger partial charge on any atom is -0.495 e. The zero-order valence-corrected chi connectivity index (χ0v) is 17.4. The number of methoxy groups -OCH3 is 1. The van der Waals surface area contributed by atoms with Crippen molar-refractivity contribution in [3.8, 4) is 28.1 Å². The third kappa shape index (κ3) is 3.57.